The van der Waals surface area contributed by atoms with Gasteiger partial charge in [0.25, 0.3) is 0 Å². The van der Waals surface area contributed by atoms with Gasteiger partial charge in [-0.25, -0.2) is 8.42 Å². The van der Waals surface area contributed by atoms with E-state index in [9.17, 15) is 18.5 Å². The van der Waals surface area contributed by atoms with Crippen molar-refractivity contribution in [3.05, 3.63) is 38.0 Å². The predicted molar refractivity (Wildman–Crippen MR) is 118 cm³/mol. The number of halogens is 1. The summed E-state index contributed by atoms with van der Waals surface area (Å²) in [5.74, 6) is 0.600. The minimum Gasteiger partial charge on any atom is -0.504 e. The van der Waals surface area contributed by atoms with Crippen LogP contribution in [0.1, 0.15) is 32.3 Å². The lowest BCUT2D eigenvalue weighted by atomic mass is 9.75. The molecular weight excluding hydrogens is 494 g/mol. The number of ether oxygens (including phenoxy) is 1. The van der Waals surface area contributed by atoms with Gasteiger partial charge in [-0.15, -0.1) is 0 Å². The molecule has 2 atom stereocenters. The van der Waals surface area contributed by atoms with Gasteiger partial charge in [-0.05, 0) is 72.5 Å². The number of methoxy groups -OCH3 is 1. The third-order valence-corrected chi connectivity index (χ3v) is 8.23. The quantitative estimate of drug-likeness (QED) is 0.354. The van der Waals surface area contributed by atoms with Crippen LogP contribution in [-0.2, 0) is 14.5 Å². The summed E-state index contributed by atoms with van der Waals surface area (Å²) in [6.45, 7) is 3.84. The first-order chi connectivity index (χ1) is 13.1. The summed E-state index contributed by atoms with van der Waals surface area (Å²) >= 11 is 2.06. The Morgan fingerprint density at radius 2 is 2.18 bits per heavy atom. The molecule has 2 aliphatic heterocycles. The maximum atomic E-state index is 12.3. The molecule has 1 aromatic carbocycles. The van der Waals surface area contributed by atoms with E-state index >= 15 is 0 Å². The van der Waals surface area contributed by atoms with Gasteiger partial charge in [-0.2, -0.15) is 0 Å². The van der Waals surface area contributed by atoms with Crippen LogP contribution in [0.25, 0.3) is 6.08 Å². The first kappa shape index (κ1) is 21.7. The number of benzene rings is 1. The Kier molecular flexibility index (Phi) is 6.48. The van der Waals surface area contributed by atoms with E-state index in [0.29, 0.717) is 22.2 Å². The molecule has 6 nitrogen and oxygen atoms in total. The van der Waals surface area contributed by atoms with Gasteiger partial charge < -0.3 is 19.5 Å². The minimum absolute atomic E-state index is 0.0557. The Labute approximate surface area is 179 Å². The lowest BCUT2D eigenvalue weighted by molar-refractivity contribution is 0.170. The van der Waals surface area contributed by atoms with E-state index in [1.165, 1.54) is 7.11 Å². The second-order valence-corrected chi connectivity index (χ2v) is 10.8. The van der Waals surface area contributed by atoms with Gasteiger partial charge in [0, 0.05) is 6.32 Å². The molecule has 2 N–H and O–H groups in total. The van der Waals surface area contributed by atoms with Crippen LogP contribution in [0, 0.1) is 3.57 Å². The van der Waals surface area contributed by atoms with Crippen LogP contribution in [0.3, 0.4) is 0 Å². The van der Waals surface area contributed by atoms with Crippen LogP contribution in [0.5, 0.6) is 11.5 Å². The van der Waals surface area contributed by atoms with Crippen molar-refractivity contribution < 1.29 is 27.9 Å². The molecular formula is C19H24BIO6S. The summed E-state index contributed by atoms with van der Waals surface area (Å²) in [5.41, 5.74) is 3.68. The number of sulfone groups is 1. The summed E-state index contributed by atoms with van der Waals surface area (Å²) < 4.78 is 36.3. The van der Waals surface area contributed by atoms with Gasteiger partial charge in [0.05, 0.1) is 27.8 Å². The summed E-state index contributed by atoms with van der Waals surface area (Å²) in [6, 6.07) is 3.64. The molecule has 1 fully saturated rings. The number of aromatic hydroxyl groups is 1. The zero-order valence-electron chi connectivity index (χ0n) is 16.1. The maximum absolute atomic E-state index is 12.3. The summed E-state index contributed by atoms with van der Waals surface area (Å²) in [5, 5.41) is 19.3. The highest BCUT2D eigenvalue weighted by molar-refractivity contribution is 14.1. The van der Waals surface area contributed by atoms with Crippen LogP contribution in [-0.4, -0.2) is 49.9 Å². The van der Waals surface area contributed by atoms with Crippen molar-refractivity contribution >= 4 is 45.6 Å². The van der Waals surface area contributed by atoms with Crippen molar-refractivity contribution in [2.45, 2.75) is 44.4 Å². The third kappa shape index (κ3) is 4.42. The van der Waals surface area contributed by atoms with Crippen molar-refractivity contribution in [1.82, 2.24) is 0 Å². The lowest BCUT2D eigenvalue weighted by Crippen LogP contribution is -2.41. The molecule has 0 saturated carbocycles. The smallest absolute Gasteiger partial charge is 0.456 e. The summed E-state index contributed by atoms with van der Waals surface area (Å²) in [7, 11) is -2.77. The van der Waals surface area contributed by atoms with Gasteiger partial charge in [-0.1, -0.05) is 17.2 Å². The van der Waals surface area contributed by atoms with E-state index in [1.54, 1.807) is 6.07 Å². The topological polar surface area (TPSA) is 93.1 Å². The molecule has 152 valence electrons. The molecule has 0 radical (unpaired) electrons. The minimum atomic E-state index is -3.23. The monoisotopic (exact) mass is 518 g/mol. The fourth-order valence-corrected chi connectivity index (χ4v) is 6.78. The maximum Gasteiger partial charge on any atom is 0.456 e. The van der Waals surface area contributed by atoms with E-state index < -0.39 is 22.2 Å². The number of rotatable bonds is 5. The lowest BCUT2D eigenvalue weighted by Gasteiger charge is -2.31. The van der Waals surface area contributed by atoms with Crippen molar-refractivity contribution in [1.29, 1.82) is 0 Å². The van der Waals surface area contributed by atoms with E-state index in [-0.39, 0.29) is 23.9 Å². The number of hydrogen-bond donors (Lipinski definition) is 2. The molecule has 28 heavy (non-hydrogen) atoms. The molecule has 0 unspecified atom stereocenters. The van der Waals surface area contributed by atoms with Crippen molar-refractivity contribution in [2.24, 2.45) is 0 Å². The molecule has 0 bridgehead atoms. The second kappa shape index (κ2) is 8.37. The second-order valence-electron chi connectivity index (χ2n) is 7.43. The van der Waals surface area contributed by atoms with Crippen molar-refractivity contribution in [3.8, 4) is 11.5 Å². The normalized spacial score (nSPS) is 24.5. The highest BCUT2D eigenvalue weighted by Gasteiger charge is 2.47. The van der Waals surface area contributed by atoms with Crippen molar-refractivity contribution in [3.63, 3.8) is 0 Å². The summed E-state index contributed by atoms with van der Waals surface area (Å²) in [6.07, 6.45) is 3.04. The van der Waals surface area contributed by atoms with Gasteiger partial charge in [0.15, 0.2) is 21.3 Å². The summed E-state index contributed by atoms with van der Waals surface area (Å²) in [4.78, 5) is 0. The van der Waals surface area contributed by atoms with E-state index in [1.807, 2.05) is 26.0 Å². The van der Waals surface area contributed by atoms with Crippen molar-refractivity contribution in [2.75, 3.05) is 12.9 Å². The fraction of sp³-hybridized carbons (Fsp3) is 0.474. The first-order valence-electron chi connectivity index (χ1n) is 9.10. The van der Waals surface area contributed by atoms with Gasteiger partial charge in [0.2, 0.25) is 0 Å². The Balaban J connectivity index is 1.75. The predicted octanol–water partition coefficient (Wildman–Crippen LogP) is 3.18. The molecule has 0 aromatic heterocycles. The highest BCUT2D eigenvalue weighted by atomic mass is 127. The molecule has 1 saturated heterocycles. The molecule has 2 aliphatic rings. The number of allylic oxidation sites excluding steroid dienone is 1. The fourth-order valence-electron chi connectivity index (χ4n) is 3.98. The standard InChI is InChI=1S/C19H24BIO6S/c1-11(6-13-7-14(21)19(22)16(8-13)26-3)4-5-15-18-12(2)10-28(24,25)17(18)9-20(23)27-15/h6-8,15,17,22-23H,4-5,9-10H2,1-3H3/b11-6+/t15-,17+/m1/s1. The average molecular weight is 518 g/mol. The molecule has 9 heteroatoms. The van der Waals surface area contributed by atoms with Crippen LogP contribution < -0.4 is 4.74 Å². The van der Waals surface area contributed by atoms with Gasteiger partial charge in [0.1, 0.15) is 0 Å². The Hall–Kier alpha value is -1.04. The first-order valence-corrected chi connectivity index (χ1v) is 11.9. The van der Waals surface area contributed by atoms with Crippen LogP contribution in [0.15, 0.2) is 28.9 Å². The third-order valence-electron chi connectivity index (χ3n) is 5.26. The van der Waals surface area contributed by atoms with E-state index in [4.69, 9.17) is 9.39 Å². The van der Waals surface area contributed by atoms with Crippen LogP contribution in [0.2, 0.25) is 6.32 Å². The zero-order chi connectivity index (χ0) is 20.6. The molecule has 3 rings (SSSR count). The van der Waals surface area contributed by atoms with Gasteiger partial charge >= 0.3 is 7.12 Å². The number of phenolic OH excluding ortho intramolecular Hbond substituents is 1. The zero-order valence-corrected chi connectivity index (χ0v) is 19.1. The largest absolute Gasteiger partial charge is 0.504 e. The van der Waals surface area contributed by atoms with Gasteiger partial charge in [-0.3, -0.25) is 0 Å². The molecule has 2 heterocycles. The molecule has 0 amide bonds. The Morgan fingerprint density at radius 1 is 1.46 bits per heavy atom. The SMILES string of the molecule is COc1cc(/C=C(\C)CC[C@H]2OB(O)C[C@H]3C2=C(C)CS3(=O)=O)cc(I)c1O. The Bertz CT molecular complexity index is 940. The van der Waals surface area contributed by atoms with Crippen LogP contribution in [0.4, 0.5) is 0 Å². The Morgan fingerprint density at radius 3 is 2.86 bits per heavy atom. The number of phenols is 1. The average Bonchev–Trinajstić information content (AvgIpc) is 2.84. The van der Waals surface area contributed by atoms with Crippen LogP contribution >= 0.6 is 22.6 Å². The molecule has 0 spiro atoms. The van der Waals surface area contributed by atoms with E-state index in [2.05, 4.69) is 22.6 Å². The van der Waals surface area contributed by atoms with E-state index in [0.717, 1.165) is 22.3 Å². The number of hydrogen-bond acceptors (Lipinski definition) is 6. The number of fused-ring (bicyclic) bond motifs is 1. The molecule has 0 aliphatic carbocycles. The highest BCUT2D eigenvalue weighted by Crippen LogP contribution is 2.39. The molecule has 1 aromatic rings.